The lowest BCUT2D eigenvalue weighted by atomic mass is 9.68. The van der Waals surface area contributed by atoms with E-state index in [1.165, 1.54) is 24.8 Å². The molecule has 1 heteroatoms. The zero-order valence-corrected chi connectivity index (χ0v) is 12.7. The van der Waals surface area contributed by atoms with Crippen molar-refractivity contribution in [1.29, 1.82) is 0 Å². The van der Waals surface area contributed by atoms with Crippen molar-refractivity contribution in [2.24, 2.45) is 16.7 Å². The number of benzene rings is 1. The van der Waals surface area contributed by atoms with Crippen molar-refractivity contribution >= 4 is 0 Å². The molecular weight excluding hydrogens is 230 g/mol. The van der Waals surface area contributed by atoms with Crippen LogP contribution in [0, 0.1) is 16.7 Å². The second-order valence-electron chi connectivity index (χ2n) is 7.65. The number of hydrogen-bond donors (Lipinski definition) is 1. The molecule has 2 fully saturated rings. The van der Waals surface area contributed by atoms with E-state index in [1.807, 2.05) is 0 Å². The maximum Gasteiger partial charge on any atom is 0.0294 e. The third-order valence-corrected chi connectivity index (χ3v) is 5.99. The summed E-state index contributed by atoms with van der Waals surface area (Å²) >= 11 is 0. The van der Waals surface area contributed by atoms with Crippen LogP contribution in [0.1, 0.15) is 58.6 Å². The van der Waals surface area contributed by atoms with Gasteiger partial charge in [-0.1, -0.05) is 51.1 Å². The molecule has 0 spiro atoms. The van der Waals surface area contributed by atoms with E-state index in [1.54, 1.807) is 0 Å². The van der Waals surface area contributed by atoms with Crippen LogP contribution in [-0.4, -0.2) is 6.04 Å². The number of hydrogen-bond acceptors (Lipinski definition) is 1. The molecule has 4 atom stereocenters. The summed E-state index contributed by atoms with van der Waals surface area (Å²) in [6.45, 7) is 9.74. The SMILES string of the molecule is C[C@H](NC1C(C)(C)[C@H]2CC[C@]1(C)C2)c1ccccc1. The maximum absolute atomic E-state index is 3.96. The van der Waals surface area contributed by atoms with Crippen LogP contribution in [0.3, 0.4) is 0 Å². The summed E-state index contributed by atoms with van der Waals surface area (Å²) in [5.74, 6) is 0.915. The molecule has 0 aromatic heterocycles. The highest BCUT2D eigenvalue weighted by Gasteiger charge is 2.59. The van der Waals surface area contributed by atoms with Crippen molar-refractivity contribution in [3.63, 3.8) is 0 Å². The first-order chi connectivity index (χ1) is 8.93. The Balaban J connectivity index is 1.80. The molecule has 0 saturated heterocycles. The van der Waals surface area contributed by atoms with Crippen LogP contribution < -0.4 is 5.32 Å². The van der Waals surface area contributed by atoms with Crippen LogP contribution in [0.15, 0.2) is 30.3 Å². The lowest BCUT2D eigenvalue weighted by molar-refractivity contribution is 0.100. The largest absolute Gasteiger partial charge is 0.306 e. The minimum atomic E-state index is 0.441. The second-order valence-corrected chi connectivity index (χ2v) is 7.65. The van der Waals surface area contributed by atoms with Gasteiger partial charge in [0.15, 0.2) is 0 Å². The van der Waals surface area contributed by atoms with Crippen LogP contribution >= 0.6 is 0 Å². The first-order valence-electron chi connectivity index (χ1n) is 7.74. The molecule has 104 valence electrons. The van der Waals surface area contributed by atoms with E-state index >= 15 is 0 Å². The van der Waals surface area contributed by atoms with Gasteiger partial charge in [-0.15, -0.1) is 0 Å². The highest BCUT2D eigenvalue weighted by Crippen LogP contribution is 2.62. The van der Waals surface area contributed by atoms with Crippen molar-refractivity contribution in [2.45, 2.75) is 59.0 Å². The Morgan fingerprint density at radius 2 is 1.84 bits per heavy atom. The van der Waals surface area contributed by atoms with E-state index in [-0.39, 0.29) is 0 Å². The Labute approximate surface area is 117 Å². The van der Waals surface area contributed by atoms with Crippen molar-refractivity contribution < 1.29 is 0 Å². The molecule has 2 aliphatic carbocycles. The molecule has 2 bridgehead atoms. The van der Waals surface area contributed by atoms with Gasteiger partial charge in [0.1, 0.15) is 0 Å². The topological polar surface area (TPSA) is 12.0 Å². The fourth-order valence-corrected chi connectivity index (χ4v) is 4.81. The van der Waals surface area contributed by atoms with Crippen LogP contribution in [0.25, 0.3) is 0 Å². The number of fused-ring (bicyclic) bond motifs is 2. The van der Waals surface area contributed by atoms with Crippen molar-refractivity contribution in [2.75, 3.05) is 0 Å². The van der Waals surface area contributed by atoms with Crippen LogP contribution in [-0.2, 0) is 0 Å². The average Bonchev–Trinajstić information content (AvgIpc) is 2.87. The van der Waals surface area contributed by atoms with E-state index in [2.05, 4.69) is 63.3 Å². The smallest absolute Gasteiger partial charge is 0.0294 e. The molecule has 0 aliphatic heterocycles. The Bertz CT molecular complexity index is 445. The summed E-state index contributed by atoms with van der Waals surface area (Å²) in [4.78, 5) is 0. The van der Waals surface area contributed by atoms with Gasteiger partial charge in [0.2, 0.25) is 0 Å². The Morgan fingerprint density at radius 3 is 2.42 bits per heavy atom. The third-order valence-electron chi connectivity index (χ3n) is 5.99. The fraction of sp³-hybridized carbons (Fsp3) is 0.667. The number of rotatable bonds is 3. The normalized spacial score (nSPS) is 37.5. The molecule has 1 N–H and O–H groups in total. The zero-order valence-electron chi connectivity index (χ0n) is 12.7. The van der Waals surface area contributed by atoms with E-state index in [0.717, 1.165) is 5.92 Å². The van der Waals surface area contributed by atoms with E-state index in [0.29, 0.717) is 22.9 Å². The summed E-state index contributed by atoms with van der Waals surface area (Å²) in [5.41, 5.74) is 2.36. The lowest BCUT2D eigenvalue weighted by Gasteiger charge is -2.44. The summed E-state index contributed by atoms with van der Waals surface area (Å²) in [7, 11) is 0. The predicted octanol–water partition coefficient (Wildman–Crippen LogP) is 4.55. The van der Waals surface area contributed by atoms with Crippen LogP contribution in [0.2, 0.25) is 0 Å². The van der Waals surface area contributed by atoms with Gasteiger partial charge in [-0.05, 0) is 48.5 Å². The monoisotopic (exact) mass is 257 g/mol. The molecule has 3 rings (SSSR count). The van der Waals surface area contributed by atoms with Crippen molar-refractivity contribution in [3.05, 3.63) is 35.9 Å². The zero-order chi connectivity index (χ0) is 13.7. The third kappa shape index (κ3) is 2.03. The van der Waals surface area contributed by atoms with Gasteiger partial charge in [-0.2, -0.15) is 0 Å². The first kappa shape index (κ1) is 13.2. The van der Waals surface area contributed by atoms with Gasteiger partial charge >= 0.3 is 0 Å². The molecule has 1 aromatic carbocycles. The highest BCUT2D eigenvalue weighted by molar-refractivity contribution is 5.20. The highest BCUT2D eigenvalue weighted by atomic mass is 15.0. The van der Waals surface area contributed by atoms with E-state index < -0.39 is 0 Å². The van der Waals surface area contributed by atoms with E-state index in [4.69, 9.17) is 0 Å². The molecule has 0 heterocycles. The minimum absolute atomic E-state index is 0.441. The lowest BCUT2D eigenvalue weighted by Crippen LogP contribution is -2.50. The van der Waals surface area contributed by atoms with Crippen molar-refractivity contribution in [3.8, 4) is 0 Å². The van der Waals surface area contributed by atoms with Gasteiger partial charge in [-0.25, -0.2) is 0 Å². The van der Waals surface area contributed by atoms with Crippen LogP contribution in [0.4, 0.5) is 0 Å². The summed E-state index contributed by atoms with van der Waals surface area (Å²) in [5, 5.41) is 3.96. The fourth-order valence-electron chi connectivity index (χ4n) is 4.81. The summed E-state index contributed by atoms with van der Waals surface area (Å²) in [6, 6.07) is 11.9. The van der Waals surface area contributed by atoms with Gasteiger partial charge in [0.05, 0.1) is 0 Å². The van der Waals surface area contributed by atoms with Gasteiger partial charge < -0.3 is 5.32 Å². The van der Waals surface area contributed by atoms with E-state index in [9.17, 15) is 0 Å². The molecule has 2 saturated carbocycles. The quantitative estimate of drug-likeness (QED) is 0.837. The van der Waals surface area contributed by atoms with Crippen molar-refractivity contribution in [1.82, 2.24) is 5.32 Å². The molecule has 1 aromatic rings. The van der Waals surface area contributed by atoms with Gasteiger partial charge in [-0.3, -0.25) is 0 Å². The van der Waals surface area contributed by atoms with Gasteiger partial charge in [0, 0.05) is 12.1 Å². The molecule has 1 unspecified atom stereocenters. The molecule has 19 heavy (non-hydrogen) atoms. The number of nitrogens with one attached hydrogen (secondary N) is 1. The summed E-state index contributed by atoms with van der Waals surface area (Å²) < 4.78 is 0. The molecular formula is C18H27N. The summed E-state index contributed by atoms with van der Waals surface area (Å²) in [6.07, 6.45) is 4.25. The van der Waals surface area contributed by atoms with Crippen LogP contribution in [0.5, 0.6) is 0 Å². The maximum atomic E-state index is 3.96. The Morgan fingerprint density at radius 1 is 1.16 bits per heavy atom. The standard InChI is InChI=1S/C18H27N/c1-13(14-8-6-5-7-9-14)19-16-17(2,3)15-10-11-18(16,4)12-15/h5-9,13,15-16,19H,10-12H2,1-4H3/t13-,15-,16?,18+/m0/s1. The average molecular weight is 257 g/mol. The molecule has 2 aliphatic rings. The Hall–Kier alpha value is -0.820. The first-order valence-corrected chi connectivity index (χ1v) is 7.74. The predicted molar refractivity (Wildman–Crippen MR) is 81.0 cm³/mol. The second kappa shape index (κ2) is 4.34. The van der Waals surface area contributed by atoms with Gasteiger partial charge in [0.25, 0.3) is 0 Å². The molecule has 0 radical (unpaired) electrons. The molecule has 1 nitrogen and oxygen atoms in total. The minimum Gasteiger partial charge on any atom is -0.306 e. The Kier molecular flexibility index (Phi) is 3.01. The molecule has 0 amide bonds.